The van der Waals surface area contributed by atoms with E-state index in [2.05, 4.69) is 26.1 Å². The van der Waals surface area contributed by atoms with Crippen molar-refractivity contribution in [3.05, 3.63) is 0 Å². The Hall–Kier alpha value is -0.120. The lowest BCUT2D eigenvalue weighted by Gasteiger charge is -2.13. The van der Waals surface area contributed by atoms with Gasteiger partial charge in [-0.05, 0) is 32.1 Å². The molecular formula is C12H27NO2. The van der Waals surface area contributed by atoms with Gasteiger partial charge in [-0.25, -0.2) is 0 Å². The van der Waals surface area contributed by atoms with Crippen LogP contribution in [0.2, 0.25) is 0 Å². The van der Waals surface area contributed by atoms with Crippen molar-refractivity contribution < 1.29 is 9.84 Å². The summed E-state index contributed by atoms with van der Waals surface area (Å²) in [5, 5.41) is 12.0. The smallest absolute Gasteiger partial charge is 0.0591 e. The van der Waals surface area contributed by atoms with Crippen molar-refractivity contribution in [1.82, 2.24) is 5.32 Å². The molecule has 92 valence electrons. The molecule has 0 rings (SSSR count). The van der Waals surface area contributed by atoms with Crippen molar-refractivity contribution in [3.63, 3.8) is 0 Å². The predicted octanol–water partition coefficient (Wildman–Crippen LogP) is 1.80. The summed E-state index contributed by atoms with van der Waals surface area (Å²) in [5.41, 5.74) is 0. The molecule has 0 saturated heterocycles. The minimum absolute atomic E-state index is 0.289. The first kappa shape index (κ1) is 14.9. The van der Waals surface area contributed by atoms with Crippen LogP contribution in [0, 0.1) is 5.92 Å². The van der Waals surface area contributed by atoms with Gasteiger partial charge in [0.05, 0.1) is 6.61 Å². The Bertz CT molecular complexity index is 129. The van der Waals surface area contributed by atoms with Gasteiger partial charge in [-0.15, -0.1) is 0 Å². The maximum absolute atomic E-state index is 8.66. The largest absolute Gasteiger partial charge is 0.396 e. The second-order valence-electron chi connectivity index (χ2n) is 4.52. The Morgan fingerprint density at radius 2 is 1.87 bits per heavy atom. The number of hydrogen-bond acceptors (Lipinski definition) is 3. The third kappa shape index (κ3) is 11.8. The Labute approximate surface area is 94.2 Å². The molecule has 0 aliphatic heterocycles. The SMILES string of the molecule is CC(C)CCOCCNC(C)CCCO. The number of ether oxygens (including phenoxy) is 1. The van der Waals surface area contributed by atoms with Crippen LogP contribution in [0.15, 0.2) is 0 Å². The molecule has 0 amide bonds. The highest BCUT2D eigenvalue weighted by atomic mass is 16.5. The van der Waals surface area contributed by atoms with E-state index in [9.17, 15) is 0 Å². The number of aliphatic hydroxyl groups excluding tert-OH is 1. The van der Waals surface area contributed by atoms with Gasteiger partial charge < -0.3 is 15.2 Å². The average molecular weight is 217 g/mol. The summed E-state index contributed by atoms with van der Waals surface area (Å²) in [6.07, 6.45) is 3.05. The van der Waals surface area contributed by atoms with Gasteiger partial charge in [0.2, 0.25) is 0 Å². The molecule has 1 unspecified atom stereocenters. The average Bonchev–Trinajstić information content (AvgIpc) is 2.19. The van der Waals surface area contributed by atoms with Gasteiger partial charge in [0.25, 0.3) is 0 Å². The zero-order valence-electron chi connectivity index (χ0n) is 10.5. The summed E-state index contributed by atoms with van der Waals surface area (Å²) in [7, 11) is 0. The second-order valence-corrected chi connectivity index (χ2v) is 4.52. The number of nitrogens with one attached hydrogen (secondary N) is 1. The standard InChI is InChI=1S/C12H27NO2/c1-11(2)6-9-15-10-7-13-12(3)5-4-8-14/h11-14H,4-10H2,1-3H3. The van der Waals surface area contributed by atoms with Crippen LogP contribution in [0.3, 0.4) is 0 Å². The quantitative estimate of drug-likeness (QED) is 0.548. The van der Waals surface area contributed by atoms with Crippen LogP contribution >= 0.6 is 0 Å². The monoisotopic (exact) mass is 217 g/mol. The fourth-order valence-corrected chi connectivity index (χ4v) is 1.30. The lowest BCUT2D eigenvalue weighted by Crippen LogP contribution is -2.29. The van der Waals surface area contributed by atoms with Crippen LogP contribution in [0.1, 0.15) is 40.0 Å². The van der Waals surface area contributed by atoms with Crippen molar-refractivity contribution in [3.8, 4) is 0 Å². The molecule has 3 nitrogen and oxygen atoms in total. The van der Waals surface area contributed by atoms with E-state index >= 15 is 0 Å². The molecule has 0 radical (unpaired) electrons. The molecular weight excluding hydrogens is 190 g/mol. The van der Waals surface area contributed by atoms with Crippen molar-refractivity contribution in [2.24, 2.45) is 5.92 Å². The minimum atomic E-state index is 0.289. The van der Waals surface area contributed by atoms with Crippen LogP contribution in [0.4, 0.5) is 0 Å². The van der Waals surface area contributed by atoms with Gasteiger partial charge in [-0.2, -0.15) is 0 Å². The Morgan fingerprint density at radius 3 is 2.47 bits per heavy atom. The topological polar surface area (TPSA) is 41.5 Å². The van der Waals surface area contributed by atoms with E-state index in [-0.39, 0.29) is 6.61 Å². The summed E-state index contributed by atoms with van der Waals surface area (Å²) in [5.74, 6) is 0.724. The Kier molecular flexibility index (Phi) is 10.3. The summed E-state index contributed by atoms with van der Waals surface area (Å²) in [4.78, 5) is 0. The van der Waals surface area contributed by atoms with Crippen LogP contribution in [-0.2, 0) is 4.74 Å². The van der Waals surface area contributed by atoms with E-state index in [1.54, 1.807) is 0 Å². The van der Waals surface area contributed by atoms with E-state index in [1.807, 2.05) is 0 Å². The van der Waals surface area contributed by atoms with E-state index in [0.717, 1.165) is 44.9 Å². The summed E-state index contributed by atoms with van der Waals surface area (Å²) in [6.45, 7) is 9.41. The highest BCUT2D eigenvalue weighted by molar-refractivity contribution is 4.59. The molecule has 1 atom stereocenters. The molecule has 0 aliphatic rings. The van der Waals surface area contributed by atoms with Gasteiger partial charge in [0.15, 0.2) is 0 Å². The number of aliphatic hydroxyl groups is 1. The third-order valence-electron chi connectivity index (χ3n) is 2.37. The first-order valence-electron chi connectivity index (χ1n) is 6.08. The molecule has 0 fully saturated rings. The molecule has 0 heterocycles. The zero-order valence-corrected chi connectivity index (χ0v) is 10.5. The fraction of sp³-hybridized carbons (Fsp3) is 1.00. The molecule has 3 heteroatoms. The number of hydrogen-bond donors (Lipinski definition) is 2. The summed E-state index contributed by atoms with van der Waals surface area (Å²) in [6, 6.07) is 0.478. The van der Waals surface area contributed by atoms with Gasteiger partial charge in [0, 0.05) is 25.8 Å². The van der Waals surface area contributed by atoms with Crippen LogP contribution in [0.5, 0.6) is 0 Å². The number of rotatable bonds is 10. The molecule has 0 aromatic rings. The first-order chi connectivity index (χ1) is 7.16. The minimum Gasteiger partial charge on any atom is -0.396 e. The van der Waals surface area contributed by atoms with Crippen LogP contribution in [-0.4, -0.2) is 37.5 Å². The third-order valence-corrected chi connectivity index (χ3v) is 2.37. The van der Waals surface area contributed by atoms with Gasteiger partial charge in [0.1, 0.15) is 0 Å². The maximum atomic E-state index is 8.66. The van der Waals surface area contributed by atoms with Crippen molar-refractivity contribution in [1.29, 1.82) is 0 Å². The second kappa shape index (κ2) is 10.4. The lowest BCUT2D eigenvalue weighted by molar-refractivity contribution is 0.123. The molecule has 0 aromatic heterocycles. The highest BCUT2D eigenvalue weighted by Crippen LogP contribution is 1.98. The van der Waals surface area contributed by atoms with Crippen LogP contribution < -0.4 is 5.32 Å². The van der Waals surface area contributed by atoms with Crippen molar-refractivity contribution in [2.75, 3.05) is 26.4 Å². The Balaban J connectivity index is 3.09. The van der Waals surface area contributed by atoms with Gasteiger partial charge in [-0.1, -0.05) is 13.8 Å². The lowest BCUT2D eigenvalue weighted by atomic mass is 10.1. The molecule has 0 aliphatic carbocycles. The predicted molar refractivity (Wildman–Crippen MR) is 64.1 cm³/mol. The normalized spacial score (nSPS) is 13.4. The van der Waals surface area contributed by atoms with Crippen molar-refractivity contribution in [2.45, 2.75) is 46.1 Å². The highest BCUT2D eigenvalue weighted by Gasteiger charge is 1.99. The van der Waals surface area contributed by atoms with Crippen LogP contribution in [0.25, 0.3) is 0 Å². The van der Waals surface area contributed by atoms with E-state index in [1.165, 1.54) is 0 Å². The van der Waals surface area contributed by atoms with Gasteiger partial charge >= 0.3 is 0 Å². The van der Waals surface area contributed by atoms with E-state index < -0.39 is 0 Å². The molecule has 0 spiro atoms. The Morgan fingerprint density at radius 1 is 1.13 bits per heavy atom. The van der Waals surface area contributed by atoms with E-state index in [4.69, 9.17) is 9.84 Å². The molecule has 0 aromatic carbocycles. The molecule has 2 N–H and O–H groups in total. The summed E-state index contributed by atoms with van der Waals surface area (Å²) >= 11 is 0. The molecule has 0 bridgehead atoms. The van der Waals surface area contributed by atoms with Crippen molar-refractivity contribution >= 4 is 0 Å². The van der Waals surface area contributed by atoms with Gasteiger partial charge in [-0.3, -0.25) is 0 Å². The van der Waals surface area contributed by atoms with E-state index in [0.29, 0.717) is 6.04 Å². The first-order valence-corrected chi connectivity index (χ1v) is 6.08. The molecule has 15 heavy (non-hydrogen) atoms. The summed E-state index contributed by atoms with van der Waals surface area (Å²) < 4.78 is 5.49. The maximum Gasteiger partial charge on any atom is 0.0591 e. The molecule has 0 saturated carbocycles. The fourth-order valence-electron chi connectivity index (χ4n) is 1.30. The zero-order chi connectivity index (χ0) is 11.5.